The van der Waals surface area contributed by atoms with Crippen LogP contribution in [0, 0.1) is 5.92 Å². The van der Waals surface area contributed by atoms with Gasteiger partial charge in [-0.05, 0) is 38.3 Å². The molecule has 2 heteroatoms. The highest BCUT2D eigenvalue weighted by Crippen LogP contribution is 2.04. The first kappa shape index (κ1) is 12.9. The Hall–Kier alpha value is -0.0800. The zero-order valence-electron chi connectivity index (χ0n) is 9.42. The number of nitrogens with zero attached hydrogens (tertiary/aromatic N) is 1. The van der Waals surface area contributed by atoms with E-state index in [0.29, 0.717) is 6.61 Å². The lowest BCUT2D eigenvalue weighted by Crippen LogP contribution is -2.28. The minimum atomic E-state index is 0.293. The van der Waals surface area contributed by atoms with Gasteiger partial charge in [0.25, 0.3) is 0 Å². The number of hydrogen-bond donors (Lipinski definition) is 1. The Morgan fingerprint density at radius 1 is 1.15 bits per heavy atom. The van der Waals surface area contributed by atoms with Crippen molar-refractivity contribution in [2.75, 3.05) is 26.2 Å². The highest BCUT2D eigenvalue weighted by Gasteiger charge is 2.02. The number of rotatable bonds is 8. The van der Waals surface area contributed by atoms with Crippen molar-refractivity contribution < 1.29 is 5.11 Å². The molecule has 0 bridgehead atoms. The molecule has 0 amide bonds. The molecular weight excluding hydrogens is 162 g/mol. The molecule has 0 rings (SSSR count). The van der Waals surface area contributed by atoms with Crippen LogP contribution in [-0.2, 0) is 0 Å². The smallest absolute Gasteiger partial charge is 0.0558 e. The average molecular weight is 187 g/mol. The van der Waals surface area contributed by atoms with Gasteiger partial charge in [0.15, 0.2) is 0 Å². The largest absolute Gasteiger partial charge is 0.395 e. The minimum absolute atomic E-state index is 0.293. The predicted molar refractivity (Wildman–Crippen MR) is 57.9 cm³/mol. The molecule has 0 aliphatic carbocycles. The number of hydrogen-bond acceptors (Lipinski definition) is 2. The molecule has 0 aliphatic rings. The second-order valence-corrected chi connectivity index (χ2v) is 4.10. The number of aliphatic hydroxyl groups excluding tert-OH is 1. The van der Waals surface area contributed by atoms with Crippen molar-refractivity contribution in [1.29, 1.82) is 0 Å². The van der Waals surface area contributed by atoms with Gasteiger partial charge in [-0.3, -0.25) is 0 Å². The molecule has 0 saturated heterocycles. The van der Waals surface area contributed by atoms with E-state index in [2.05, 4.69) is 25.7 Å². The summed E-state index contributed by atoms with van der Waals surface area (Å²) in [5, 5.41) is 8.83. The van der Waals surface area contributed by atoms with Crippen molar-refractivity contribution in [1.82, 2.24) is 4.90 Å². The second kappa shape index (κ2) is 8.52. The molecule has 0 saturated carbocycles. The van der Waals surface area contributed by atoms with Crippen LogP contribution in [-0.4, -0.2) is 36.2 Å². The Morgan fingerprint density at radius 3 is 2.31 bits per heavy atom. The monoisotopic (exact) mass is 187 g/mol. The third-order valence-electron chi connectivity index (χ3n) is 2.21. The quantitative estimate of drug-likeness (QED) is 0.629. The molecule has 0 spiro atoms. The summed E-state index contributed by atoms with van der Waals surface area (Å²) < 4.78 is 0. The van der Waals surface area contributed by atoms with Crippen molar-refractivity contribution in [3.8, 4) is 0 Å². The summed E-state index contributed by atoms with van der Waals surface area (Å²) in [5.74, 6) is 0.803. The van der Waals surface area contributed by atoms with Crippen LogP contribution in [0.15, 0.2) is 0 Å². The fourth-order valence-corrected chi connectivity index (χ4v) is 1.52. The Kier molecular flexibility index (Phi) is 8.46. The van der Waals surface area contributed by atoms with Crippen LogP contribution in [0.5, 0.6) is 0 Å². The van der Waals surface area contributed by atoms with Crippen molar-refractivity contribution in [3.05, 3.63) is 0 Å². The van der Waals surface area contributed by atoms with E-state index in [0.717, 1.165) is 25.6 Å². The molecule has 1 N–H and O–H groups in total. The third kappa shape index (κ3) is 8.26. The fourth-order valence-electron chi connectivity index (χ4n) is 1.52. The van der Waals surface area contributed by atoms with Crippen molar-refractivity contribution in [2.24, 2.45) is 5.92 Å². The zero-order chi connectivity index (χ0) is 10.1. The summed E-state index contributed by atoms with van der Waals surface area (Å²) in [6, 6.07) is 0. The van der Waals surface area contributed by atoms with E-state index in [1.807, 2.05) is 0 Å². The molecule has 80 valence electrons. The maximum atomic E-state index is 8.83. The average Bonchev–Trinajstić information content (AvgIpc) is 2.04. The summed E-state index contributed by atoms with van der Waals surface area (Å²) in [4.78, 5) is 2.35. The lowest BCUT2D eigenvalue weighted by atomic mass is 10.1. The summed E-state index contributed by atoms with van der Waals surface area (Å²) in [5.41, 5.74) is 0. The minimum Gasteiger partial charge on any atom is -0.395 e. The van der Waals surface area contributed by atoms with E-state index < -0.39 is 0 Å². The number of aliphatic hydroxyl groups is 1. The van der Waals surface area contributed by atoms with Gasteiger partial charge in [0.1, 0.15) is 0 Å². The highest BCUT2D eigenvalue weighted by molar-refractivity contribution is 4.57. The van der Waals surface area contributed by atoms with Crippen LogP contribution in [0.4, 0.5) is 0 Å². The molecule has 0 atom stereocenters. The van der Waals surface area contributed by atoms with E-state index in [1.165, 1.54) is 19.3 Å². The lowest BCUT2D eigenvalue weighted by molar-refractivity contribution is 0.192. The summed E-state index contributed by atoms with van der Waals surface area (Å²) in [6.45, 7) is 10.1. The Labute approximate surface area is 82.9 Å². The molecular formula is C11H25NO. The van der Waals surface area contributed by atoms with Crippen molar-refractivity contribution >= 4 is 0 Å². The molecule has 0 unspecified atom stereocenters. The van der Waals surface area contributed by atoms with Crippen LogP contribution in [0.25, 0.3) is 0 Å². The van der Waals surface area contributed by atoms with E-state index in [4.69, 9.17) is 5.11 Å². The Morgan fingerprint density at radius 2 is 1.85 bits per heavy atom. The molecule has 0 aliphatic heterocycles. The van der Waals surface area contributed by atoms with Gasteiger partial charge < -0.3 is 10.0 Å². The van der Waals surface area contributed by atoms with E-state index in [-0.39, 0.29) is 0 Å². The molecule has 13 heavy (non-hydrogen) atoms. The summed E-state index contributed by atoms with van der Waals surface area (Å²) >= 11 is 0. The molecule has 0 heterocycles. The first-order chi connectivity index (χ1) is 6.20. The van der Waals surface area contributed by atoms with Gasteiger partial charge in [-0.1, -0.05) is 20.8 Å². The first-order valence-electron chi connectivity index (χ1n) is 5.53. The van der Waals surface area contributed by atoms with E-state index >= 15 is 0 Å². The second-order valence-electron chi connectivity index (χ2n) is 4.10. The lowest BCUT2D eigenvalue weighted by Gasteiger charge is -2.20. The Balaban J connectivity index is 3.44. The SMILES string of the molecule is CCCN(CCO)CCCC(C)C. The topological polar surface area (TPSA) is 23.5 Å². The van der Waals surface area contributed by atoms with Gasteiger partial charge in [0, 0.05) is 6.54 Å². The normalized spacial score (nSPS) is 11.5. The molecule has 0 radical (unpaired) electrons. The van der Waals surface area contributed by atoms with Gasteiger partial charge in [-0.15, -0.1) is 0 Å². The maximum Gasteiger partial charge on any atom is 0.0558 e. The van der Waals surface area contributed by atoms with Gasteiger partial charge >= 0.3 is 0 Å². The van der Waals surface area contributed by atoms with Crippen LogP contribution in [0.1, 0.15) is 40.0 Å². The third-order valence-corrected chi connectivity index (χ3v) is 2.21. The van der Waals surface area contributed by atoms with Crippen LogP contribution >= 0.6 is 0 Å². The van der Waals surface area contributed by atoms with Gasteiger partial charge in [0.2, 0.25) is 0 Å². The molecule has 0 aromatic rings. The highest BCUT2D eigenvalue weighted by atomic mass is 16.3. The summed E-state index contributed by atoms with van der Waals surface area (Å²) in [6.07, 6.45) is 3.74. The molecule has 2 nitrogen and oxygen atoms in total. The van der Waals surface area contributed by atoms with Crippen molar-refractivity contribution in [2.45, 2.75) is 40.0 Å². The molecule has 0 fully saturated rings. The standard InChI is InChI=1S/C11H25NO/c1-4-7-12(9-10-13)8-5-6-11(2)3/h11,13H,4-10H2,1-3H3. The van der Waals surface area contributed by atoms with E-state index in [1.54, 1.807) is 0 Å². The Bertz CT molecular complexity index is 98.3. The molecule has 0 aromatic heterocycles. The first-order valence-corrected chi connectivity index (χ1v) is 5.53. The van der Waals surface area contributed by atoms with Gasteiger partial charge in [-0.25, -0.2) is 0 Å². The van der Waals surface area contributed by atoms with Crippen LogP contribution in [0.3, 0.4) is 0 Å². The summed E-state index contributed by atoms with van der Waals surface area (Å²) in [7, 11) is 0. The van der Waals surface area contributed by atoms with Gasteiger partial charge in [0.05, 0.1) is 6.61 Å². The maximum absolute atomic E-state index is 8.83. The van der Waals surface area contributed by atoms with Crippen LogP contribution < -0.4 is 0 Å². The fraction of sp³-hybridized carbons (Fsp3) is 1.00. The zero-order valence-corrected chi connectivity index (χ0v) is 9.42. The van der Waals surface area contributed by atoms with E-state index in [9.17, 15) is 0 Å². The van der Waals surface area contributed by atoms with Crippen molar-refractivity contribution in [3.63, 3.8) is 0 Å². The van der Waals surface area contributed by atoms with Crippen LogP contribution in [0.2, 0.25) is 0 Å². The predicted octanol–water partition coefficient (Wildman–Crippen LogP) is 2.13. The molecule has 0 aromatic carbocycles. The van der Waals surface area contributed by atoms with Gasteiger partial charge in [-0.2, -0.15) is 0 Å².